The van der Waals surface area contributed by atoms with Crippen molar-refractivity contribution in [3.05, 3.63) is 29.8 Å². The maximum Gasteiger partial charge on any atom is 0.240 e. The average molecular weight is 283 g/mol. The molecule has 21 heavy (non-hydrogen) atoms. The molecule has 0 bridgehead atoms. The van der Waals surface area contributed by atoms with E-state index < -0.39 is 5.54 Å². The van der Waals surface area contributed by atoms with E-state index >= 15 is 0 Å². The minimum atomic E-state index is -0.709. The summed E-state index contributed by atoms with van der Waals surface area (Å²) in [5, 5.41) is 12.3. The molecule has 110 valence electrons. The summed E-state index contributed by atoms with van der Waals surface area (Å²) in [6.07, 6.45) is 3.04. The molecular weight excluding hydrogens is 262 g/mol. The number of rotatable bonds is 4. The minimum absolute atomic E-state index is 0.0606. The normalized spacial score (nSPS) is 23.1. The van der Waals surface area contributed by atoms with Crippen LogP contribution in [-0.2, 0) is 11.2 Å². The fraction of sp³-hybridized carbons (Fsp3) is 0.529. The van der Waals surface area contributed by atoms with Crippen LogP contribution in [0.4, 0.5) is 5.69 Å². The lowest BCUT2D eigenvalue weighted by Crippen LogP contribution is -2.51. The maximum absolute atomic E-state index is 12.4. The molecule has 1 amide bonds. The monoisotopic (exact) mass is 283 g/mol. The summed E-state index contributed by atoms with van der Waals surface area (Å²) in [5.74, 6) is 0.254. The fourth-order valence-corrected chi connectivity index (χ4v) is 3.24. The van der Waals surface area contributed by atoms with Crippen LogP contribution in [-0.4, -0.2) is 24.0 Å². The molecule has 2 atom stereocenters. The number of hydrogen-bond acceptors (Lipinski definition) is 3. The third-order valence-corrected chi connectivity index (χ3v) is 4.69. The smallest absolute Gasteiger partial charge is 0.240 e. The van der Waals surface area contributed by atoms with Gasteiger partial charge in [0.05, 0.1) is 12.6 Å². The predicted molar refractivity (Wildman–Crippen MR) is 81.8 cm³/mol. The Morgan fingerprint density at radius 1 is 1.48 bits per heavy atom. The van der Waals surface area contributed by atoms with Gasteiger partial charge in [-0.1, -0.05) is 18.2 Å². The van der Waals surface area contributed by atoms with Crippen LogP contribution in [0.5, 0.6) is 0 Å². The van der Waals surface area contributed by atoms with E-state index in [1.807, 2.05) is 19.1 Å². The first-order valence-corrected chi connectivity index (χ1v) is 7.60. The van der Waals surface area contributed by atoms with E-state index in [9.17, 15) is 10.1 Å². The van der Waals surface area contributed by atoms with Crippen molar-refractivity contribution in [1.29, 1.82) is 5.26 Å². The van der Waals surface area contributed by atoms with Crippen LogP contribution in [0.15, 0.2) is 24.3 Å². The van der Waals surface area contributed by atoms with Gasteiger partial charge in [-0.25, -0.2) is 0 Å². The Morgan fingerprint density at radius 2 is 2.19 bits per heavy atom. The van der Waals surface area contributed by atoms with Crippen molar-refractivity contribution < 1.29 is 4.79 Å². The number of nitrogens with one attached hydrogen (secondary N) is 1. The maximum atomic E-state index is 12.4. The summed E-state index contributed by atoms with van der Waals surface area (Å²) >= 11 is 0. The van der Waals surface area contributed by atoms with Crippen LogP contribution in [0.2, 0.25) is 0 Å². The zero-order chi connectivity index (χ0) is 15.0. The lowest BCUT2D eigenvalue weighted by atomic mass is 9.98. The number of amides is 1. The van der Waals surface area contributed by atoms with Gasteiger partial charge in [-0.05, 0) is 50.7 Å². The van der Waals surface area contributed by atoms with Crippen LogP contribution in [0.1, 0.15) is 32.3 Å². The molecule has 1 fully saturated rings. The molecule has 0 unspecified atom stereocenters. The van der Waals surface area contributed by atoms with Gasteiger partial charge in [-0.3, -0.25) is 4.79 Å². The van der Waals surface area contributed by atoms with Crippen LogP contribution < -0.4 is 10.2 Å². The number of para-hydroxylation sites is 1. The number of nitrogens with zero attached hydrogens (tertiary/aromatic N) is 2. The van der Waals surface area contributed by atoms with E-state index in [1.54, 1.807) is 0 Å². The number of nitriles is 1. The zero-order valence-electron chi connectivity index (χ0n) is 12.6. The van der Waals surface area contributed by atoms with Crippen molar-refractivity contribution in [3.63, 3.8) is 0 Å². The second-order valence-corrected chi connectivity index (χ2v) is 6.45. The highest BCUT2D eigenvalue weighted by Crippen LogP contribution is 2.39. The van der Waals surface area contributed by atoms with E-state index in [0.717, 1.165) is 24.9 Å². The number of anilines is 1. The lowest BCUT2D eigenvalue weighted by molar-refractivity contribution is -0.121. The van der Waals surface area contributed by atoms with Gasteiger partial charge in [0.1, 0.15) is 5.54 Å². The topological polar surface area (TPSA) is 56.1 Å². The molecule has 1 aromatic carbocycles. The number of carbonyl (C=O) groups is 1. The van der Waals surface area contributed by atoms with Gasteiger partial charge in [0, 0.05) is 11.7 Å². The molecule has 4 nitrogen and oxygen atoms in total. The SMILES string of the molecule is C[C@@H]1Cc2ccccc2N1CC(=O)N[C@@](C)(C#N)C1CC1. The molecule has 0 saturated heterocycles. The van der Waals surface area contributed by atoms with Crippen LogP contribution in [0.25, 0.3) is 0 Å². The number of hydrogen-bond donors (Lipinski definition) is 1. The molecular formula is C17H21N3O. The molecule has 0 aromatic heterocycles. The molecule has 2 aliphatic rings. The van der Waals surface area contributed by atoms with Crippen molar-refractivity contribution in [2.45, 2.75) is 44.7 Å². The Hall–Kier alpha value is -2.02. The highest BCUT2D eigenvalue weighted by Gasteiger charge is 2.43. The highest BCUT2D eigenvalue weighted by molar-refractivity contribution is 5.83. The van der Waals surface area contributed by atoms with E-state index in [1.165, 1.54) is 5.56 Å². The molecule has 0 radical (unpaired) electrons. The quantitative estimate of drug-likeness (QED) is 0.922. The molecule has 3 rings (SSSR count). The molecule has 1 aliphatic carbocycles. The summed E-state index contributed by atoms with van der Waals surface area (Å²) in [6.45, 7) is 4.30. The molecule has 1 aliphatic heterocycles. The Labute approximate surface area is 125 Å². The zero-order valence-corrected chi connectivity index (χ0v) is 12.6. The molecule has 4 heteroatoms. The minimum Gasteiger partial charge on any atom is -0.359 e. The second-order valence-electron chi connectivity index (χ2n) is 6.45. The van der Waals surface area contributed by atoms with Crippen molar-refractivity contribution in [2.24, 2.45) is 5.92 Å². The third-order valence-electron chi connectivity index (χ3n) is 4.69. The van der Waals surface area contributed by atoms with Crippen LogP contribution in [0.3, 0.4) is 0 Å². The number of benzene rings is 1. The first-order chi connectivity index (χ1) is 10.0. The van der Waals surface area contributed by atoms with Crippen molar-refractivity contribution in [3.8, 4) is 6.07 Å². The van der Waals surface area contributed by atoms with Crippen molar-refractivity contribution in [1.82, 2.24) is 5.32 Å². The van der Waals surface area contributed by atoms with E-state index in [0.29, 0.717) is 18.5 Å². The first-order valence-electron chi connectivity index (χ1n) is 7.60. The van der Waals surface area contributed by atoms with E-state index in [4.69, 9.17) is 0 Å². The lowest BCUT2D eigenvalue weighted by Gasteiger charge is -2.28. The number of fused-ring (bicyclic) bond motifs is 1. The average Bonchev–Trinajstić information content (AvgIpc) is 3.26. The highest BCUT2D eigenvalue weighted by atomic mass is 16.2. The van der Waals surface area contributed by atoms with Crippen molar-refractivity contribution >= 4 is 11.6 Å². The van der Waals surface area contributed by atoms with Gasteiger partial charge in [0.15, 0.2) is 0 Å². The molecule has 1 N–H and O–H groups in total. The summed E-state index contributed by atoms with van der Waals surface area (Å²) < 4.78 is 0. The Morgan fingerprint density at radius 3 is 2.86 bits per heavy atom. The van der Waals surface area contributed by atoms with E-state index in [2.05, 4.69) is 35.3 Å². The molecule has 1 aromatic rings. The summed E-state index contributed by atoms with van der Waals surface area (Å²) in [5.41, 5.74) is 1.73. The van der Waals surface area contributed by atoms with Gasteiger partial charge < -0.3 is 10.2 Å². The summed E-state index contributed by atoms with van der Waals surface area (Å²) in [7, 11) is 0. The van der Waals surface area contributed by atoms with Gasteiger partial charge >= 0.3 is 0 Å². The largest absolute Gasteiger partial charge is 0.359 e. The first kappa shape index (κ1) is 13.9. The third kappa shape index (κ3) is 2.61. The molecule has 0 spiro atoms. The Balaban J connectivity index is 1.69. The molecule has 1 saturated carbocycles. The fourth-order valence-electron chi connectivity index (χ4n) is 3.24. The molecule has 1 heterocycles. The summed E-state index contributed by atoms with van der Waals surface area (Å²) in [4.78, 5) is 14.5. The van der Waals surface area contributed by atoms with Crippen molar-refractivity contribution in [2.75, 3.05) is 11.4 Å². The summed E-state index contributed by atoms with van der Waals surface area (Å²) in [6, 6.07) is 10.8. The Kier molecular flexibility index (Phi) is 3.36. The second kappa shape index (κ2) is 5.07. The van der Waals surface area contributed by atoms with Crippen LogP contribution in [0, 0.1) is 17.2 Å². The Bertz CT molecular complexity index is 602. The number of carbonyl (C=O) groups excluding carboxylic acids is 1. The standard InChI is InChI=1S/C17H21N3O/c1-12-9-13-5-3-4-6-15(13)20(12)10-16(21)19-17(2,11-18)14-7-8-14/h3-6,12,14H,7-10H2,1-2H3,(H,19,21)/t12-,17+/m1/s1. The predicted octanol–water partition coefficient (Wildman–Crippen LogP) is 2.25. The van der Waals surface area contributed by atoms with Gasteiger partial charge in [0.25, 0.3) is 0 Å². The van der Waals surface area contributed by atoms with Gasteiger partial charge in [-0.2, -0.15) is 5.26 Å². The van der Waals surface area contributed by atoms with E-state index in [-0.39, 0.29) is 5.91 Å². The van der Waals surface area contributed by atoms with Gasteiger partial charge in [0.2, 0.25) is 5.91 Å². The van der Waals surface area contributed by atoms with Gasteiger partial charge in [-0.15, -0.1) is 0 Å². The van der Waals surface area contributed by atoms with Crippen LogP contribution >= 0.6 is 0 Å².